The van der Waals surface area contributed by atoms with Crippen LogP contribution in [-0.2, 0) is 8.85 Å². The molecule has 3 nitrogen and oxygen atoms in total. The van der Waals surface area contributed by atoms with Crippen LogP contribution in [0.2, 0.25) is 12.1 Å². The maximum Gasteiger partial charge on any atom is 0.338 e. The van der Waals surface area contributed by atoms with Crippen LogP contribution in [0.1, 0.15) is 46.5 Å². The number of nitrogens with zero attached hydrogens (tertiary/aromatic N) is 1. The standard InChI is InChI=1S/C13H29NO2Si/c1-5-13-10-8-9-11-14(13)12-16-17(6-2,7-3)15-4/h13H,5-12H2,1-4H3. The van der Waals surface area contributed by atoms with Crippen LogP contribution in [0.25, 0.3) is 0 Å². The zero-order valence-corrected chi connectivity index (χ0v) is 13.0. The van der Waals surface area contributed by atoms with Crippen LogP contribution in [0.4, 0.5) is 0 Å². The number of likely N-dealkylation sites (tertiary alicyclic amines) is 1. The minimum absolute atomic E-state index is 0.723. The van der Waals surface area contributed by atoms with Crippen molar-refractivity contribution in [3.05, 3.63) is 0 Å². The summed E-state index contributed by atoms with van der Waals surface area (Å²) in [7, 11) is -0.0732. The van der Waals surface area contributed by atoms with Crippen molar-refractivity contribution in [3.8, 4) is 0 Å². The van der Waals surface area contributed by atoms with Crippen molar-refractivity contribution >= 4 is 8.56 Å². The van der Waals surface area contributed by atoms with E-state index in [9.17, 15) is 0 Å². The molecule has 0 aromatic heterocycles. The summed E-state index contributed by atoms with van der Waals surface area (Å²) in [5, 5.41) is 0. The van der Waals surface area contributed by atoms with E-state index in [1.165, 1.54) is 32.2 Å². The van der Waals surface area contributed by atoms with E-state index in [2.05, 4.69) is 25.7 Å². The third-order valence-electron chi connectivity index (χ3n) is 4.16. The van der Waals surface area contributed by atoms with Crippen LogP contribution in [0, 0.1) is 0 Å². The third-order valence-corrected chi connectivity index (χ3v) is 7.72. The van der Waals surface area contributed by atoms with Gasteiger partial charge in [0.2, 0.25) is 0 Å². The first-order valence-corrected chi connectivity index (χ1v) is 9.37. The lowest BCUT2D eigenvalue weighted by Crippen LogP contribution is -2.47. The molecule has 1 unspecified atom stereocenters. The van der Waals surface area contributed by atoms with Crippen molar-refractivity contribution in [2.45, 2.75) is 64.6 Å². The smallest absolute Gasteiger partial charge is 0.338 e. The van der Waals surface area contributed by atoms with Gasteiger partial charge in [-0.05, 0) is 31.4 Å². The molecule has 0 aromatic rings. The molecule has 0 aliphatic carbocycles. The summed E-state index contributed by atoms with van der Waals surface area (Å²) in [6.07, 6.45) is 5.27. The third kappa shape index (κ3) is 4.05. The Balaban J connectivity index is 2.46. The second-order valence-corrected chi connectivity index (χ2v) is 8.90. The number of hydrogen-bond donors (Lipinski definition) is 0. The molecule has 1 heterocycles. The largest absolute Gasteiger partial charge is 0.398 e. The van der Waals surface area contributed by atoms with E-state index in [1.807, 2.05) is 7.11 Å². The molecule has 1 rings (SSSR count). The van der Waals surface area contributed by atoms with E-state index >= 15 is 0 Å². The summed E-state index contributed by atoms with van der Waals surface area (Å²) in [4.78, 5) is 2.51. The van der Waals surface area contributed by atoms with Gasteiger partial charge in [0.1, 0.15) is 0 Å². The second kappa shape index (κ2) is 7.51. The first-order chi connectivity index (χ1) is 8.21. The van der Waals surface area contributed by atoms with Gasteiger partial charge in [0.15, 0.2) is 0 Å². The van der Waals surface area contributed by atoms with Gasteiger partial charge in [0.25, 0.3) is 0 Å². The zero-order chi connectivity index (χ0) is 12.7. The van der Waals surface area contributed by atoms with Crippen LogP contribution < -0.4 is 0 Å². The summed E-state index contributed by atoms with van der Waals surface area (Å²) in [5.41, 5.74) is 0. The van der Waals surface area contributed by atoms with Crippen molar-refractivity contribution in [1.29, 1.82) is 0 Å². The number of hydrogen-bond acceptors (Lipinski definition) is 3. The first kappa shape index (κ1) is 15.2. The van der Waals surface area contributed by atoms with Crippen molar-refractivity contribution in [2.75, 3.05) is 20.4 Å². The predicted molar refractivity (Wildman–Crippen MR) is 74.3 cm³/mol. The molecule has 0 spiro atoms. The van der Waals surface area contributed by atoms with Gasteiger partial charge in [-0.1, -0.05) is 27.2 Å². The summed E-state index contributed by atoms with van der Waals surface area (Å²) in [6, 6.07) is 2.82. The Morgan fingerprint density at radius 2 is 1.88 bits per heavy atom. The lowest BCUT2D eigenvalue weighted by Gasteiger charge is -2.37. The molecule has 102 valence electrons. The fraction of sp³-hybridized carbons (Fsp3) is 1.00. The van der Waals surface area contributed by atoms with Crippen molar-refractivity contribution in [3.63, 3.8) is 0 Å². The first-order valence-electron chi connectivity index (χ1n) is 7.14. The highest BCUT2D eigenvalue weighted by molar-refractivity contribution is 6.67. The quantitative estimate of drug-likeness (QED) is 0.654. The van der Waals surface area contributed by atoms with Gasteiger partial charge in [-0.3, -0.25) is 4.90 Å². The highest BCUT2D eigenvalue weighted by atomic mass is 28.4. The molecular weight excluding hydrogens is 230 g/mol. The molecule has 1 aliphatic heterocycles. The molecule has 1 aliphatic rings. The van der Waals surface area contributed by atoms with Crippen LogP contribution >= 0.6 is 0 Å². The summed E-state index contributed by atoms with van der Waals surface area (Å²) in [6.45, 7) is 8.63. The Kier molecular flexibility index (Phi) is 6.70. The fourth-order valence-electron chi connectivity index (χ4n) is 2.69. The molecule has 1 atom stereocenters. The van der Waals surface area contributed by atoms with Crippen molar-refractivity contribution < 1.29 is 8.85 Å². The number of rotatable bonds is 7. The minimum Gasteiger partial charge on any atom is -0.398 e. The average molecular weight is 259 g/mol. The summed E-state index contributed by atoms with van der Waals surface area (Å²) < 4.78 is 11.9. The molecule has 1 fully saturated rings. The lowest BCUT2D eigenvalue weighted by atomic mass is 10.0. The Morgan fingerprint density at radius 3 is 2.41 bits per heavy atom. The Hall–Kier alpha value is 0.0969. The topological polar surface area (TPSA) is 21.7 Å². The van der Waals surface area contributed by atoms with Gasteiger partial charge in [-0.15, -0.1) is 0 Å². The maximum atomic E-state index is 6.19. The van der Waals surface area contributed by atoms with E-state index in [-0.39, 0.29) is 0 Å². The highest BCUT2D eigenvalue weighted by Crippen LogP contribution is 2.22. The van der Waals surface area contributed by atoms with E-state index < -0.39 is 8.56 Å². The Morgan fingerprint density at radius 1 is 1.18 bits per heavy atom. The van der Waals surface area contributed by atoms with E-state index in [0.717, 1.165) is 24.9 Å². The van der Waals surface area contributed by atoms with Gasteiger partial charge in [-0.2, -0.15) is 0 Å². The van der Waals surface area contributed by atoms with Gasteiger partial charge in [-0.25, -0.2) is 0 Å². The molecule has 0 N–H and O–H groups in total. The molecule has 17 heavy (non-hydrogen) atoms. The SMILES string of the molecule is CCC1CCCCN1CO[Si](CC)(CC)OC. The molecular formula is C13H29NO2Si. The lowest BCUT2D eigenvalue weighted by molar-refractivity contribution is 0.0340. The van der Waals surface area contributed by atoms with Gasteiger partial charge in [0.05, 0.1) is 6.73 Å². The fourth-order valence-corrected chi connectivity index (χ4v) is 4.70. The summed E-state index contributed by atoms with van der Waals surface area (Å²) in [5.74, 6) is 0. The average Bonchev–Trinajstić information content (AvgIpc) is 2.41. The molecule has 4 heteroatoms. The molecule has 0 amide bonds. The molecule has 0 bridgehead atoms. The molecule has 1 saturated heterocycles. The monoisotopic (exact) mass is 259 g/mol. The number of piperidine rings is 1. The van der Waals surface area contributed by atoms with E-state index in [4.69, 9.17) is 8.85 Å². The second-order valence-electron chi connectivity index (χ2n) is 4.97. The van der Waals surface area contributed by atoms with Crippen LogP contribution in [-0.4, -0.2) is 39.9 Å². The molecule has 0 aromatic carbocycles. The van der Waals surface area contributed by atoms with Gasteiger partial charge in [0, 0.05) is 19.7 Å². The minimum atomic E-state index is -1.89. The van der Waals surface area contributed by atoms with Gasteiger partial charge >= 0.3 is 8.56 Å². The van der Waals surface area contributed by atoms with E-state index in [1.54, 1.807) is 0 Å². The normalized spacial score (nSPS) is 22.9. The van der Waals surface area contributed by atoms with Crippen molar-refractivity contribution in [1.82, 2.24) is 4.90 Å². The van der Waals surface area contributed by atoms with Crippen molar-refractivity contribution in [2.24, 2.45) is 0 Å². The van der Waals surface area contributed by atoms with Crippen LogP contribution in [0.5, 0.6) is 0 Å². The Bertz CT molecular complexity index is 201. The Labute approximate surface area is 108 Å². The van der Waals surface area contributed by atoms with Gasteiger partial charge < -0.3 is 8.85 Å². The predicted octanol–water partition coefficient (Wildman–Crippen LogP) is 3.35. The van der Waals surface area contributed by atoms with Crippen LogP contribution in [0.15, 0.2) is 0 Å². The highest BCUT2D eigenvalue weighted by Gasteiger charge is 2.33. The maximum absolute atomic E-state index is 6.19. The zero-order valence-electron chi connectivity index (χ0n) is 12.0. The van der Waals surface area contributed by atoms with E-state index in [0.29, 0.717) is 0 Å². The molecule has 0 radical (unpaired) electrons. The molecule has 0 saturated carbocycles. The summed E-state index contributed by atoms with van der Waals surface area (Å²) >= 11 is 0. The van der Waals surface area contributed by atoms with Crippen LogP contribution in [0.3, 0.4) is 0 Å².